The highest BCUT2D eigenvalue weighted by Gasteiger charge is 2.22. The molecule has 3 rings (SSSR count). The minimum Gasteiger partial charge on any atom is -0.457 e. The van der Waals surface area contributed by atoms with Crippen molar-refractivity contribution in [1.82, 2.24) is 4.90 Å². The average molecular weight is 397 g/mol. The molecule has 1 saturated heterocycles. The zero-order chi connectivity index (χ0) is 17.6. The Bertz CT molecular complexity index is 737. The van der Waals surface area contributed by atoms with Crippen molar-refractivity contribution in [2.24, 2.45) is 5.73 Å². The fourth-order valence-electron chi connectivity index (χ4n) is 2.70. The summed E-state index contributed by atoms with van der Waals surface area (Å²) in [6, 6.07) is 11.9. The Morgan fingerprint density at radius 2 is 1.77 bits per heavy atom. The summed E-state index contributed by atoms with van der Waals surface area (Å²) < 4.78 is 19.9. The van der Waals surface area contributed by atoms with Gasteiger partial charge in [0.05, 0.1) is 5.56 Å². The van der Waals surface area contributed by atoms with Crippen LogP contribution < -0.4 is 10.5 Å². The van der Waals surface area contributed by atoms with Crippen molar-refractivity contribution in [3.8, 4) is 11.5 Å². The maximum absolute atomic E-state index is 14.1. The second kappa shape index (κ2) is 9.80. The molecule has 0 radical (unpaired) electrons. The van der Waals surface area contributed by atoms with Crippen molar-refractivity contribution in [3.63, 3.8) is 0 Å². The zero-order valence-electron chi connectivity index (χ0n) is 14.3. The number of ether oxygens (including phenoxy) is 1. The van der Waals surface area contributed by atoms with Crippen LogP contribution in [0.1, 0.15) is 15.9 Å². The van der Waals surface area contributed by atoms with Gasteiger partial charge in [-0.05, 0) is 48.9 Å². The summed E-state index contributed by atoms with van der Waals surface area (Å²) in [5, 5.41) is 0. The van der Waals surface area contributed by atoms with Crippen LogP contribution >= 0.6 is 24.2 Å². The molecule has 0 aromatic heterocycles. The van der Waals surface area contributed by atoms with Gasteiger partial charge in [0.15, 0.2) is 0 Å². The van der Waals surface area contributed by atoms with Crippen molar-refractivity contribution in [2.75, 3.05) is 31.1 Å². The Labute approximate surface area is 163 Å². The van der Waals surface area contributed by atoms with E-state index in [0.29, 0.717) is 31.1 Å². The first-order valence-corrected chi connectivity index (χ1v) is 9.46. The lowest BCUT2D eigenvalue weighted by molar-refractivity contribution is 0.0767. The average Bonchev–Trinajstić information content (AvgIpc) is 2.65. The van der Waals surface area contributed by atoms with Crippen molar-refractivity contribution in [3.05, 3.63) is 59.4 Å². The minimum absolute atomic E-state index is 0. The molecule has 4 nitrogen and oxygen atoms in total. The minimum atomic E-state index is -0.520. The number of carbonyl (C=O) groups is 1. The highest BCUT2D eigenvalue weighted by atomic mass is 35.5. The molecule has 0 atom stereocenters. The fourth-order valence-corrected chi connectivity index (χ4v) is 3.60. The molecule has 1 aliphatic rings. The number of nitrogens with two attached hydrogens (primary N) is 1. The maximum Gasteiger partial charge on any atom is 0.257 e. The normalized spacial score (nSPS) is 13.8. The maximum atomic E-state index is 14.1. The quantitative estimate of drug-likeness (QED) is 0.836. The van der Waals surface area contributed by atoms with Crippen LogP contribution in [0.4, 0.5) is 4.39 Å². The van der Waals surface area contributed by atoms with Crippen LogP contribution in [-0.4, -0.2) is 41.9 Å². The van der Waals surface area contributed by atoms with Crippen molar-refractivity contribution < 1.29 is 13.9 Å². The van der Waals surface area contributed by atoms with Gasteiger partial charge in [-0.3, -0.25) is 4.79 Å². The van der Waals surface area contributed by atoms with E-state index < -0.39 is 5.82 Å². The number of amides is 1. The van der Waals surface area contributed by atoms with Gasteiger partial charge in [0, 0.05) is 24.6 Å². The van der Waals surface area contributed by atoms with Gasteiger partial charge in [0.25, 0.3) is 5.91 Å². The molecule has 0 aliphatic carbocycles. The molecular weight excluding hydrogens is 375 g/mol. The lowest BCUT2D eigenvalue weighted by Gasteiger charge is -2.26. The van der Waals surface area contributed by atoms with Gasteiger partial charge in [-0.1, -0.05) is 12.1 Å². The summed E-state index contributed by atoms with van der Waals surface area (Å²) in [6.07, 6.45) is 0.809. The highest BCUT2D eigenvalue weighted by Crippen LogP contribution is 2.25. The lowest BCUT2D eigenvalue weighted by Crippen LogP contribution is -2.38. The molecule has 2 aromatic carbocycles. The first-order valence-electron chi connectivity index (χ1n) is 8.31. The Hall–Kier alpha value is -1.76. The molecule has 140 valence electrons. The van der Waals surface area contributed by atoms with Crippen LogP contribution in [0.25, 0.3) is 0 Å². The molecule has 0 saturated carbocycles. The first kappa shape index (κ1) is 20.6. The van der Waals surface area contributed by atoms with E-state index in [9.17, 15) is 9.18 Å². The molecule has 0 spiro atoms. The number of hydrogen-bond donors (Lipinski definition) is 1. The van der Waals surface area contributed by atoms with Crippen LogP contribution in [0.3, 0.4) is 0 Å². The number of thioether (sulfide) groups is 1. The second-order valence-corrected chi connectivity index (χ2v) is 7.06. The number of rotatable bonds is 5. The van der Waals surface area contributed by atoms with Crippen LogP contribution in [0.15, 0.2) is 42.5 Å². The van der Waals surface area contributed by atoms with Gasteiger partial charge >= 0.3 is 0 Å². The fraction of sp³-hybridized carbons (Fsp3) is 0.316. The summed E-state index contributed by atoms with van der Waals surface area (Å²) >= 11 is 1.80. The van der Waals surface area contributed by atoms with Crippen LogP contribution in [0, 0.1) is 5.82 Å². The summed E-state index contributed by atoms with van der Waals surface area (Å²) in [7, 11) is 0. The van der Waals surface area contributed by atoms with E-state index in [1.54, 1.807) is 16.7 Å². The molecular formula is C19H22ClFN2O2S. The van der Waals surface area contributed by atoms with Crippen molar-refractivity contribution in [2.45, 2.75) is 6.42 Å². The van der Waals surface area contributed by atoms with E-state index in [0.717, 1.165) is 23.5 Å². The Kier molecular flexibility index (Phi) is 7.75. The monoisotopic (exact) mass is 396 g/mol. The summed E-state index contributed by atoms with van der Waals surface area (Å²) in [6.45, 7) is 1.89. The van der Waals surface area contributed by atoms with Gasteiger partial charge < -0.3 is 15.4 Å². The Morgan fingerprint density at radius 3 is 2.42 bits per heavy atom. The van der Waals surface area contributed by atoms with Gasteiger partial charge in [0.1, 0.15) is 17.3 Å². The van der Waals surface area contributed by atoms with E-state index in [2.05, 4.69) is 0 Å². The van der Waals surface area contributed by atoms with Crippen LogP contribution in [-0.2, 0) is 6.42 Å². The predicted molar refractivity (Wildman–Crippen MR) is 106 cm³/mol. The number of halogens is 2. The number of carbonyl (C=O) groups excluding carboxylic acids is 1. The molecule has 7 heteroatoms. The molecule has 0 bridgehead atoms. The van der Waals surface area contributed by atoms with Gasteiger partial charge in [-0.2, -0.15) is 11.8 Å². The first-order chi connectivity index (χ1) is 12.2. The molecule has 1 aliphatic heterocycles. The van der Waals surface area contributed by atoms with Crippen molar-refractivity contribution in [1.29, 1.82) is 0 Å². The molecule has 2 aromatic rings. The Balaban J connectivity index is 0.00000243. The van der Waals surface area contributed by atoms with Crippen molar-refractivity contribution >= 4 is 30.1 Å². The SMILES string of the molecule is Cl.NCCc1ccc(Oc2ccc(F)c(C(=O)N3CCSCC3)c2)cc1. The van der Waals surface area contributed by atoms with E-state index in [1.807, 2.05) is 24.3 Å². The molecule has 0 unspecified atom stereocenters. The topological polar surface area (TPSA) is 55.6 Å². The predicted octanol–water partition coefficient (Wildman–Crippen LogP) is 3.73. The van der Waals surface area contributed by atoms with E-state index in [1.165, 1.54) is 18.2 Å². The second-order valence-electron chi connectivity index (χ2n) is 5.83. The zero-order valence-corrected chi connectivity index (χ0v) is 16.0. The van der Waals surface area contributed by atoms with E-state index >= 15 is 0 Å². The smallest absolute Gasteiger partial charge is 0.257 e. The van der Waals surface area contributed by atoms with Gasteiger partial charge in [-0.25, -0.2) is 4.39 Å². The number of nitrogens with zero attached hydrogens (tertiary/aromatic N) is 1. The van der Waals surface area contributed by atoms with Gasteiger partial charge in [0.2, 0.25) is 0 Å². The largest absolute Gasteiger partial charge is 0.457 e. The van der Waals surface area contributed by atoms with Gasteiger partial charge in [-0.15, -0.1) is 12.4 Å². The van der Waals surface area contributed by atoms with Crippen LogP contribution in [0.5, 0.6) is 11.5 Å². The highest BCUT2D eigenvalue weighted by molar-refractivity contribution is 7.99. The standard InChI is InChI=1S/C19H21FN2O2S.ClH/c20-18-6-5-16(24-15-3-1-14(2-4-15)7-8-21)13-17(18)19(23)22-9-11-25-12-10-22;/h1-6,13H,7-12,21H2;1H. The Morgan fingerprint density at radius 1 is 1.12 bits per heavy atom. The molecule has 2 N–H and O–H groups in total. The van der Waals surface area contributed by atoms with E-state index in [4.69, 9.17) is 10.5 Å². The third-order valence-electron chi connectivity index (χ3n) is 4.06. The third kappa shape index (κ3) is 5.13. The molecule has 26 heavy (non-hydrogen) atoms. The summed E-state index contributed by atoms with van der Waals surface area (Å²) in [4.78, 5) is 14.2. The van der Waals surface area contributed by atoms with Crippen LogP contribution in [0.2, 0.25) is 0 Å². The third-order valence-corrected chi connectivity index (χ3v) is 5.00. The summed E-state index contributed by atoms with van der Waals surface area (Å²) in [5.74, 6) is 2.07. The van der Waals surface area contributed by atoms with E-state index in [-0.39, 0.29) is 23.9 Å². The molecule has 1 fully saturated rings. The molecule has 1 amide bonds. The number of hydrogen-bond acceptors (Lipinski definition) is 4. The number of benzene rings is 2. The lowest BCUT2D eigenvalue weighted by atomic mass is 10.1. The summed E-state index contributed by atoms with van der Waals surface area (Å²) in [5.41, 5.74) is 6.73. The molecule has 1 heterocycles.